The minimum atomic E-state index is -0.797. The summed E-state index contributed by atoms with van der Waals surface area (Å²) in [5.41, 5.74) is 0.433. The lowest BCUT2D eigenvalue weighted by Gasteiger charge is -2.30. The highest BCUT2D eigenvalue weighted by Gasteiger charge is 2.28. The third kappa shape index (κ3) is 2.83. The van der Waals surface area contributed by atoms with E-state index in [-0.39, 0.29) is 11.8 Å². The van der Waals surface area contributed by atoms with Crippen LogP contribution in [0.2, 0.25) is 5.02 Å². The second kappa shape index (κ2) is 6.04. The molecule has 3 rings (SSSR count). The summed E-state index contributed by atoms with van der Waals surface area (Å²) in [6.45, 7) is 1.72. The Kier molecular flexibility index (Phi) is 4.11. The zero-order valence-corrected chi connectivity index (χ0v) is 12.6. The number of carboxylic acid groups (broad SMARTS) is 1. The molecule has 6 nitrogen and oxygen atoms in total. The van der Waals surface area contributed by atoms with Gasteiger partial charge in [-0.15, -0.1) is 0 Å². The molecule has 0 spiro atoms. The molecule has 22 heavy (non-hydrogen) atoms. The Balaban J connectivity index is 1.76. The van der Waals surface area contributed by atoms with Gasteiger partial charge in [-0.05, 0) is 25.0 Å². The van der Waals surface area contributed by atoms with E-state index in [1.807, 2.05) is 0 Å². The van der Waals surface area contributed by atoms with Crippen molar-refractivity contribution in [2.45, 2.75) is 12.8 Å². The number of hydrogen-bond donors (Lipinski definition) is 1. The minimum absolute atomic E-state index is 0.164. The van der Waals surface area contributed by atoms with Crippen LogP contribution in [0.1, 0.15) is 23.2 Å². The summed E-state index contributed by atoms with van der Waals surface area (Å²) in [6, 6.07) is 3.20. The van der Waals surface area contributed by atoms with Gasteiger partial charge < -0.3 is 19.5 Å². The maximum atomic E-state index is 12.5. The second-order valence-electron chi connectivity index (χ2n) is 5.39. The zero-order valence-electron chi connectivity index (χ0n) is 11.9. The molecule has 7 heteroatoms. The number of fused-ring (bicyclic) bond motifs is 1. The van der Waals surface area contributed by atoms with E-state index in [1.54, 1.807) is 17.0 Å². The van der Waals surface area contributed by atoms with Crippen LogP contribution in [-0.4, -0.2) is 48.2 Å². The first-order valence-corrected chi connectivity index (χ1v) is 7.55. The predicted octanol–water partition coefficient (Wildman–Crippen LogP) is 2.05. The summed E-state index contributed by atoms with van der Waals surface area (Å²) in [5.74, 6) is -0.387. The molecule has 0 unspecified atom stereocenters. The number of carbonyl (C=O) groups is 2. The quantitative estimate of drug-likeness (QED) is 0.900. The molecule has 1 amide bonds. The highest BCUT2D eigenvalue weighted by atomic mass is 35.5. The first-order valence-electron chi connectivity index (χ1n) is 7.17. The van der Waals surface area contributed by atoms with Crippen molar-refractivity contribution in [3.05, 3.63) is 22.7 Å². The molecule has 2 heterocycles. The Morgan fingerprint density at radius 1 is 1.18 bits per heavy atom. The van der Waals surface area contributed by atoms with Gasteiger partial charge in [-0.3, -0.25) is 9.59 Å². The van der Waals surface area contributed by atoms with Crippen molar-refractivity contribution in [1.29, 1.82) is 0 Å². The fraction of sp³-hybridized carbons (Fsp3) is 0.467. The number of rotatable bonds is 2. The van der Waals surface area contributed by atoms with Gasteiger partial charge in [0.2, 0.25) is 0 Å². The highest BCUT2D eigenvalue weighted by molar-refractivity contribution is 6.32. The number of likely N-dealkylation sites (tertiary alicyclic amines) is 1. The lowest BCUT2D eigenvalue weighted by atomic mass is 9.96. The van der Waals surface area contributed by atoms with E-state index in [1.165, 1.54) is 0 Å². The van der Waals surface area contributed by atoms with Crippen molar-refractivity contribution >= 4 is 23.5 Å². The van der Waals surface area contributed by atoms with Gasteiger partial charge in [-0.25, -0.2) is 0 Å². The van der Waals surface area contributed by atoms with Crippen molar-refractivity contribution in [3.63, 3.8) is 0 Å². The number of carboxylic acids is 1. The van der Waals surface area contributed by atoms with E-state index in [4.69, 9.17) is 26.2 Å². The third-order valence-electron chi connectivity index (χ3n) is 3.98. The molecule has 1 aromatic carbocycles. The molecule has 0 aromatic heterocycles. The van der Waals surface area contributed by atoms with Crippen LogP contribution in [0.15, 0.2) is 12.1 Å². The van der Waals surface area contributed by atoms with Crippen molar-refractivity contribution in [2.24, 2.45) is 5.92 Å². The van der Waals surface area contributed by atoms with Gasteiger partial charge in [-0.1, -0.05) is 11.6 Å². The van der Waals surface area contributed by atoms with Crippen molar-refractivity contribution in [2.75, 3.05) is 26.3 Å². The molecule has 1 fully saturated rings. The molecular weight excluding hydrogens is 310 g/mol. The van der Waals surface area contributed by atoms with Gasteiger partial charge in [-0.2, -0.15) is 0 Å². The molecule has 0 atom stereocenters. The van der Waals surface area contributed by atoms with Crippen molar-refractivity contribution in [1.82, 2.24) is 4.90 Å². The van der Waals surface area contributed by atoms with Crippen LogP contribution < -0.4 is 9.47 Å². The molecule has 1 aromatic rings. The third-order valence-corrected chi connectivity index (χ3v) is 4.26. The zero-order chi connectivity index (χ0) is 15.7. The largest absolute Gasteiger partial charge is 0.486 e. The van der Waals surface area contributed by atoms with Gasteiger partial charge in [0, 0.05) is 18.7 Å². The van der Waals surface area contributed by atoms with E-state index in [2.05, 4.69) is 0 Å². The Morgan fingerprint density at radius 2 is 1.86 bits per heavy atom. The number of ether oxygens (including phenoxy) is 2. The SMILES string of the molecule is O=C(O)C1CCN(C(=O)c2cc(Cl)c3c(c2)OCCO3)CC1. The number of piperidine rings is 1. The molecule has 0 radical (unpaired) electrons. The molecule has 1 saturated heterocycles. The molecule has 2 aliphatic rings. The maximum Gasteiger partial charge on any atom is 0.306 e. The monoisotopic (exact) mass is 325 g/mol. The van der Waals surface area contributed by atoms with Crippen LogP contribution in [0.25, 0.3) is 0 Å². The summed E-state index contributed by atoms with van der Waals surface area (Å²) in [7, 11) is 0. The second-order valence-corrected chi connectivity index (χ2v) is 5.79. The normalized spacial score (nSPS) is 18.1. The number of aliphatic carboxylic acids is 1. The number of hydrogen-bond acceptors (Lipinski definition) is 4. The van der Waals surface area contributed by atoms with Crippen LogP contribution >= 0.6 is 11.6 Å². The predicted molar refractivity (Wildman–Crippen MR) is 78.7 cm³/mol. The molecular formula is C15H16ClNO5. The van der Waals surface area contributed by atoms with Gasteiger partial charge in [0.05, 0.1) is 10.9 Å². The van der Waals surface area contributed by atoms with Crippen LogP contribution in [0, 0.1) is 5.92 Å². The van der Waals surface area contributed by atoms with Crippen molar-refractivity contribution in [3.8, 4) is 11.5 Å². The van der Waals surface area contributed by atoms with E-state index in [0.29, 0.717) is 61.2 Å². The van der Waals surface area contributed by atoms with Gasteiger partial charge in [0.15, 0.2) is 11.5 Å². The first kappa shape index (κ1) is 15.0. The molecule has 0 aliphatic carbocycles. The molecule has 0 bridgehead atoms. The van der Waals surface area contributed by atoms with Gasteiger partial charge >= 0.3 is 5.97 Å². The smallest absolute Gasteiger partial charge is 0.306 e. The van der Waals surface area contributed by atoms with E-state index < -0.39 is 5.97 Å². The minimum Gasteiger partial charge on any atom is -0.486 e. The van der Waals surface area contributed by atoms with Crippen LogP contribution in [-0.2, 0) is 4.79 Å². The number of nitrogens with zero attached hydrogens (tertiary/aromatic N) is 1. The average Bonchev–Trinajstić information content (AvgIpc) is 2.54. The van der Waals surface area contributed by atoms with Crippen LogP contribution in [0.3, 0.4) is 0 Å². The summed E-state index contributed by atoms with van der Waals surface area (Å²) >= 11 is 6.14. The van der Waals surface area contributed by atoms with Crippen molar-refractivity contribution < 1.29 is 24.2 Å². The molecule has 0 saturated carbocycles. The highest BCUT2D eigenvalue weighted by Crippen LogP contribution is 2.38. The summed E-state index contributed by atoms with van der Waals surface area (Å²) < 4.78 is 10.9. The lowest BCUT2D eigenvalue weighted by Crippen LogP contribution is -2.40. The van der Waals surface area contributed by atoms with E-state index in [0.717, 1.165) is 0 Å². The van der Waals surface area contributed by atoms with Crippen LogP contribution in [0.5, 0.6) is 11.5 Å². The Hall–Kier alpha value is -1.95. The Morgan fingerprint density at radius 3 is 2.55 bits per heavy atom. The molecule has 118 valence electrons. The fourth-order valence-electron chi connectivity index (χ4n) is 2.75. The summed E-state index contributed by atoms with van der Waals surface area (Å²) in [5, 5.41) is 9.35. The Bertz CT molecular complexity index is 610. The fourth-order valence-corrected chi connectivity index (χ4v) is 3.01. The standard InChI is InChI=1S/C15H16ClNO5/c16-11-7-10(8-12-13(11)22-6-5-21-12)14(18)17-3-1-9(2-4-17)15(19)20/h7-9H,1-6H2,(H,19,20). The van der Waals surface area contributed by atoms with E-state index in [9.17, 15) is 9.59 Å². The number of carbonyl (C=O) groups excluding carboxylic acids is 1. The lowest BCUT2D eigenvalue weighted by molar-refractivity contribution is -0.143. The van der Waals surface area contributed by atoms with Gasteiger partial charge in [0.1, 0.15) is 13.2 Å². The van der Waals surface area contributed by atoms with Gasteiger partial charge in [0.25, 0.3) is 5.91 Å². The number of benzene rings is 1. The molecule has 1 N–H and O–H groups in total. The number of halogens is 1. The topological polar surface area (TPSA) is 76.1 Å². The first-order chi connectivity index (χ1) is 10.6. The maximum absolute atomic E-state index is 12.5. The average molecular weight is 326 g/mol. The summed E-state index contributed by atoms with van der Waals surface area (Å²) in [4.78, 5) is 25.1. The molecule has 2 aliphatic heterocycles. The summed E-state index contributed by atoms with van der Waals surface area (Å²) in [6.07, 6.45) is 0.943. The number of amides is 1. The van der Waals surface area contributed by atoms with Crippen LogP contribution in [0.4, 0.5) is 0 Å². The Labute approximate surface area is 132 Å². The van der Waals surface area contributed by atoms with E-state index >= 15 is 0 Å².